The first kappa shape index (κ1) is 20.5. The van der Waals surface area contributed by atoms with Crippen LogP contribution in [0.25, 0.3) is 0 Å². The number of likely N-dealkylation sites (N-methyl/N-ethyl adjacent to an activating group) is 1. The third kappa shape index (κ3) is 5.84. The van der Waals surface area contributed by atoms with Crippen molar-refractivity contribution < 1.29 is 14.3 Å². The van der Waals surface area contributed by atoms with Gasteiger partial charge in [-0.1, -0.05) is 49.4 Å². The maximum Gasteiger partial charge on any atom is 0.242 e. The molecule has 0 heterocycles. The summed E-state index contributed by atoms with van der Waals surface area (Å²) >= 11 is 0. The third-order valence-electron chi connectivity index (χ3n) is 4.47. The van der Waals surface area contributed by atoms with Gasteiger partial charge in [0.15, 0.2) is 0 Å². The van der Waals surface area contributed by atoms with E-state index in [1.165, 1.54) is 0 Å². The minimum absolute atomic E-state index is 0.0233. The lowest BCUT2D eigenvalue weighted by Crippen LogP contribution is -2.49. The van der Waals surface area contributed by atoms with Crippen molar-refractivity contribution in [3.8, 4) is 5.75 Å². The van der Waals surface area contributed by atoms with Crippen LogP contribution < -0.4 is 10.1 Å². The van der Waals surface area contributed by atoms with E-state index >= 15 is 0 Å². The summed E-state index contributed by atoms with van der Waals surface area (Å²) < 4.78 is 5.29. The molecule has 0 radical (unpaired) electrons. The number of methoxy groups -OCH3 is 1. The second-order valence-corrected chi connectivity index (χ2v) is 6.44. The zero-order chi connectivity index (χ0) is 19.6. The molecule has 5 nitrogen and oxygen atoms in total. The summed E-state index contributed by atoms with van der Waals surface area (Å²) in [7, 11) is 3.22. The van der Waals surface area contributed by atoms with Crippen LogP contribution in [0.5, 0.6) is 5.75 Å². The summed E-state index contributed by atoms with van der Waals surface area (Å²) in [5.74, 6) is 0.547. The lowest BCUT2D eigenvalue weighted by Gasteiger charge is -2.31. The number of nitrogens with one attached hydrogen (secondary N) is 1. The molecule has 0 aromatic heterocycles. The molecule has 5 heteroatoms. The van der Waals surface area contributed by atoms with Gasteiger partial charge in [0.05, 0.1) is 7.11 Å². The first-order chi connectivity index (χ1) is 13.1. The highest BCUT2D eigenvalue weighted by molar-refractivity contribution is 5.87. The Labute approximate surface area is 161 Å². The molecule has 144 valence electrons. The van der Waals surface area contributed by atoms with Gasteiger partial charge < -0.3 is 15.0 Å². The number of amides is 2. The van der Waals surface area contributed by atoms with Gasteiger partial charge in [0.2, 0.25) is 11.8 Å². The summed E-state index contributed by atoms with van der Waals surface area (Å²) in [6.45, 7) is 2.33. The van der Waals surface area contributed by atoms with Gasteiger partial charge in [-0.3, -0.25) is 9.59 Å². The topological polar surface area (TPSA) is 58.6 Å². The van der Waals surface area contributed by atoms with Gasteiger partial charge in [-0.25, -0.2) is 0 Å². The molecule has 2 aromatic rings. The Kier molecular flexibility index (Phi) is 7.86. The Hall–Kier alpha value is -2.82. The number of hydrogen-bond acceptors (Lipinski definition) is 3. The van der Waals surface area contributed by atoms with Crippen LogP contribution in [0.3, 0.4) is 0 Å². The molecule has 2 aromatic carbocycles. The molecule has 27 heavy (non-hydrogen) atoms. The fourth-order valence-corrected chi connectivity index (χ4v) is 3.05. The van der Waals surface area contributed by atoms with Crippen LogP contribution in [0.1, 0.15) is 30.9 Å². The summed E-state index contributed by atoms with van der Waals surface area (Å²) in [6.07, 6.45) is 1.62. The summed E-state index contributed by atoms with van der Waals surface area (Å²) in [5.41, 5.74) is 1.95. The SMILES string of the molecule is CCCC(=O)N(Cc1cccc(OC)c1)[C@@H](Cc1ccccc1)C(=O)NC. The van der Waals surface area contributed by atoms with E-state index < -0.39 is 6.04 Å². The molecule has 1 N–H and O–H groups in total. The smallest absolute Gasteiger partial charge is 0.242 e. The molecule has 0 fully saturated rings. The van der Waals surface area contributed by atoms with Crippen LogP contribution >= 0.6 is 0 Å². The van der Waals surface area contributed by atoms with Crippen LogP contribution in [0.4, 0.5) is 0 Å². The molecular formula is C22H28N2O3. The van der Waals surface area contributed by atoms with Crippen molar-refractivity contribution in [1.82, 2.24) is 10.2 Å². The molecule has 0 unspecified atom stereocenters. The average Bonchev–Trinajstić information content (AvgIpc) is 2.71. The Morgan fingerprint density at radius 3 is 2.41 bits per heavy atom. The van der Waals surface area contributed by atoms with Crippen molar-refractivity contribution in [2.24, 2.45) is 0 Å². The number of ether oxygens (including phenoxy) is 1. The molecular weight excluding hydrogens is 340 g/mol. The van der Waals surface area contributed by atoms with Gasteiger partial charge in [0, 0.05) is 26.4 Å². The largest absolute Gasteiger partial charge is 0.497 e. The highest BCUT2D eigenvalue weighted by Crippen LogP contribution is 2.19. The van der Waals surface area contributed by atoms with Crippen molar-refractivity contribution in [3.05, 3.63) is 65.7 Å². The van der Waals surface area contributed by atoms with Crippen molar-refractivity contribution >= 4 is 11.8 Å². The van der Waals surface area contributed by atoms with E-state index in [9.17, 15) is 9.59 Å². The number of carbonyl (C=O) groups is 2. The van der Waals surface area contributed by atoms with Crippen LogP contribution in [0.2, 0.25) is 0 Å². The molecule has 0 bridgehead atoms. The molecule has 0 aliphatic carbocycles. The first-order valence-corrected chi connectivity index (χ1v) is 9.27. The van der Waals surface area contributed by atoms with Gasteiger partial charge >= 0.3 is 0 Å². The quantitative estimate of drug-likeness (QED) is 0.740. The summed E-state index contributed by atoms with van der Waals surface area (Å²) in [5, 5.41) is 2.71. The predicted molar refractivity (Wildman–Crippen MR) is 106 cm³/mol. The van der Waals surface area contributed by atoms with Crippen LogP contribution in [-0.4, -0.2) is 36.9 Å². The number of rotatable bonds is 9. The zero-order valence-corrected chi connectivity index (χ0v) is 16.3. The highest BCUT2D eigenvalue weighted by atomic mass is 16.5. The molecule has 0 spiro atoms. The minimum Gasteiger partial charge on any atom is -0.497 e. The minimum atomic E-state index is -0.567. The van der Waals surface area contributed by atoms with E-state index in [2.05, 4.69) is 5.32 Å². The number of nitrogens with zero attached hydrogens (tertiary/aromatic N) is 1. The summed E-state index contributed by atoms with van der Waals surface area (Å²) in [4.78, 5) is 27.2. The van der Waals surface area contributed by atoms with Gasteiger partial charge in [0.1, 0.15) is 11.8 Å². The maximum absolute atomic E-state index is 12.9. The van der Waals surface area contributed by atoms with Crippen molar-refractivity contribution in [1.29, 1.82) is 0 Å². The van der Waals surface area contributed by atoms with E-state index in [0.29, 0.717) is 19.4 Å². The van der Waals surface area contributed by atoms with Crippen LogP contribution in [-0.2, 0) is 22.6 Å². The molecule has 2 rings (SSSR count). The fraction of sp³-hybridized carbons (Fsp3) is 0.364. The normalized spacial score (nSPS) is 11.5. The Morgan fingerprint density at radius 1 is 1.07 bits per heavy atom. The number of benzene rings is 2. The zero-order valence-electron chi connectivity index (χ0n) is 16.3. The maximum atomic E-state index is 12.9. The predicted octanol–water partition coefficient (Wildman–Crippen LogP) is 3.18. The van der Waals surface area contributed by atoms with E-state index in [0.717, 1.165) is 23.3 Å². The Balaban J connectivity index is 2.34. The molecule has 0 aliphatic heterocycles. The number of hydrogen-bond donors (Lipinski definition) is 1. The lowest BCUT2D eigenvalue weighted by atomic mass is 10.0. The van der Waals surface area contributed by atoms with Crippen molar-refractivity contribution in [2.45, 2.75) is 38.8 Å². The Bertz CT molecular complexity index is 746. The molecule has 1 atom stereocenters. The van der Waals surface area contributed by atoms with Crippen LogP contribution in [0.15, 0.2) is 54.6 Å². The molecule has 0 saturated heterocycles. The van der Waals surface area contributed by atoms with E-state index in [1.54, 1.807) is 19.1 Å². The summed E-state index contributed by atoms with van der Waals surface area (Å²) in [6, 6.07) is 16.8. The molecule has 0 saturated carbocycles. The molecule has 2 amide bonds. The highest BCUT2D eigenvalue weighted by Gasteiger charge is 2.29. The van der Waals surface area contributed by atoms with Gasteiger partial charge in [-0.05, 0) is 29.7 Å². The first-order valence-electron chi connectivity index (χ1n) is 9.27. The second-order valence-electron chi connectivity index (χ2n) is 6.44. The van der Waals surface area contributed by atoms with Gasteiger partial charge in [-0.2, -0.15) is 0 Å². The third-order valence-corrected chi connectivity index (χ3v) is 4.47. The van der Waals surface area contributed by atoms with E-state index in [1.807, 2.05) is 61.5 Å². The lowest BCUT2D eigenvalue weighted by molar-refractivity contribution is -0.141. The van der Waals surface area contributed by atoms with Gasteiger partial charge in [-0.15, -0.1) is 0 Å². The van der Waals surface area contributed by atoms with Crippen molar-refractivity contribution in [3.63, 3.8) is 0 Å². The standard InChI is InChI=1S/C22H28N2O3/c1-4-9-21(25)24(16-18-12-8-13-19(14-18)27-3)20(22(26)23-2)15-17-10-6-5-7-11-17/h5-8,10-14,20H,4,9,15-16H2,1-3H3,(H,23,26)/t20-/m0/s1. The second kappa shape index (κ2) is 10.4. The van der Waals surface area contributed by atoms with E-state index in [-0.39, 0.29) is 11.8 Å². The molecule has 0 aliphatic rings. The monoisotopic (exact) mass is 368 g/mol. The van der Waals surface area contributed by atoms with Crippen molar-refractivity contribution in [2.75, 3.05) is 14.2 Å². The van der Waals surface area contributed by atoms with Crippen LogP contribution in [0, 0.1) is 0 Å². The van der Waals surface area contributed by atoms with E-state index in [4.69, 9.17) is 4.74 Å². The van der Waals surface area contributed by atoms with Gasteiger partial charge in [0.25, 0.3) is 0 Å². The average molecular weight is 368 g/mol. The number of carbonyl (C=O) groups excluding carboxylic acids is 2. The fourth-order valence-electron chi connectivity index (χ4n) is 3.05. The Morgan fingerprint density at radius 2 is 1.78 bits per heavy atom.